The molecular formula is C18H16F2N6O. The van der Waals surface area contributed by atoms with Crippen LogP contribution in [0.15, 0.2) is 35.4 Å². The maximum absolute atomic E-state index is 14.5. The molecule has 0 saturated carbocycles. The number of benzene rings is 1. The van der Waals surface area contributed by atoms with Gasteiger partial charge in [-0.15, -0.1) is 5.10 Å². The van der Waals surface area contributed by atoms with E-state index in [1.807, 2.05) is 0 Å². The second kappa shape index (κ2) is 6.11. The first-order chi connectivity index (χ1) is 12.9. The number of rotatable bonds is 3. The van der Waals surface area contributed by atoms with Crippen LogP contribution in [0.5, 0.6) is 0 Å². The number of imidazole rings is 1. The predicted octanol–water partition coefficient (Wildman–Crippen LogP) is 2.17. The van der Waals surface area contributed by atoms with E-state index in [-0.39, 0.29) is 23.4 Å². The van der Waals surface area contributed by atoms with Crippen LogP contribution in [0.1, 0.15) is 11.3 Å². The molecule has 0 N–H and O–H groups in total. The van der Waals surface area contributed by atoms with E-state index in [2.05, 4.69) is 15.3 Å². The fraction of sp³-hybridized carbons (Fsp3) is 0.222. The first-order valence-corrected chi connectivity index (χ1v) is 8.22. The molecule has 27 heavy (non-hydrogen) atoms. The zero-order chi connectivity index (χ0) is 19.3. The number of hydrogen-bond acceptors (Lipinski definition) is 4. The van der Waals surface area contributed by atoms with Crippen LogP contribution in [-0.4, -0.2) is 29.1 Å². The Morgan fingerprint density at radius 2 is 1.96 bits per heavy atom. The third-order valence-corrected chi connectivity index (χ3v) is 4.58. The Labute approximate surface area is 152 Å². The molecule has 0 aliphatic carbocycles. The lowest BCUT2D eigenvalue weighted by Crippen LogP contribution is -2.22. The minimum absolute atomic E-state index is 0.0578. The normalized spacial score (nSPS) is 11.4. The van der Waals surface area contributed by atoms with Crippen molar-refractivity contribution < 1.29 is 8.78 Å². The number of aromatic nitrogens is 6. The summed E-state index contributed by atoms with van der Waals surface area (Å²) in [5.41, 5.74) is 1.97. The van der Waals surface area contributed by atoms with Crippen LogP contribution in [0.3, 0.4) is 0 Å². The van der Waals surface area contributed by atoms with Gasteiger partial charge in [-0.2, -0.15) is 0 Å². The van der Waals surface area contributed by atoms with Crippen molar-refractivity contribution in [3.8, 4) is 11.1 Å². The Hall–Kier alpha value is -3.36. The molecule has 1 aromatic carbocycles. The summed E-state index contributed by atoms with van der Waals surface area (Å²) in [5.74, 6) is -1.25. The quantitative estimate of drug-likeness (QED) is 0.554. The van der Waals surface area contributed by atoms with E-state index in [9.17, 15) is 13.6 Å². The third kappa shape index (κ3) is 2.71. The smallest absolute Gasteiger partial charge is 0.284 e. The van der Waals surface area contributed by atoms with Crippen molar-refractivity contribution in [2.24, 2.45) is 14.1 Å². The van der Waals surface area contributed by atoms with Crippen molar-refractivity contribution in [1.82, 2.24) is 29.1 Å². The number of hydrogen-bond donors (Lipinski definition) is 0. The van der Waals surface area contributed by atoms with E-state index in [4.69, 9.17) is 0 Å². The molecule has 0 fully saturated rings. The molecule has 0 radical (unpaired) electrons. The van der Waals surface area contributed by atoms with Crippen LogP contribution in [-0.2, 0) is 20.6 Å². The van der Waals surface area contributed by atoms with Gasteiger partial charge in [0.05, 0.1) is 12.1 Å². The molecule has 0 amide bonds. The van der Waals surface area contributed by atoms with Gasteiger partial charge in [-0.05, 0) is 25.1 Å². The molecule has 4 rings (SSSR count). The lowest BCUT2D eigenvalue weighted by Gasteiger charge is -2.07. The number of pyridine rings is 1. The highest BCUT2D eigenvalue weighted by Gasteiger charge is 2.17. The molecule has 7 nitrogen and oxygen atoms in total. The number of nitrogens with zero attached hydrogens (tertiary/aromatic N) is 6. The summed E-state index contributed by atoms with van der Waals surface area (Å²) in [6.07, 6.45) is 3.19. The molecule has 0 spiro atoms. The van der Waals surface area contributed by atoms with Crippen LogP contribution in [0, 0.1) is 18.6 Å². The Balaban J connectivity index is 1.90. The van der Waals surface area contributed by atoms with Gasteiger partial charge in [-0.25, -0.2) is 18.6 Å². The van der Waals surface area contributed by atoms with Crippen molar-refractivity contribution in [2.45, 2.75) is 13.5 Å². The Morgan fingerprint density at radius 1 is 1.19 bits per heavy atom. The fourth-order valence-corrected chi connectivity index (χ4v) is 3.09. The highest BCUT2D eigenvalue weighted by molar-refractivity contribution is 5.79. The van der Waals surface area contributed by atoms with E-state index < -0.39 is 11.6 Å². The lowest BCUT2D eigenvalue weighted by molar-refractivity contribution is 0.570. The molecule has 9 heteroatoms. The maximum Gasteiger partial charge on any atom is 0.330 e. The van der Waals surface area contributed by atoms with Crippen LogP contribution >= 0.6 is 0 Å². The molecule has 138 valence electrons. The minimum Gasteiger partial charge on any atom is -0.284 e. The lowest BCUT2D eigenvalue weighted by atomic mass is 10.0. The van der Waals surface area contributed by atoms with Gasteiger partial charge in [-0.1, -0.05) is 5.21 Å². The van der Waals surface area contributed by atoms with E-state index in [0.29, 0.717) is 22.4 Å². The summed E-state index contributed by atoms with van der Waals surface area (Å²) in [6, 6.07) is 4.26. The predicted molar refractivity (Wildman–Crippen MR) is 95.2 cm³/mol. The summed E-state index contributed by atoms with van der Waals surface area (Å²) in [4.78, 5) is 16.9. The SMILES string of the molecule is Cc1c(F)ccc(-c2cnc3c(c2)n(Cc2cn(C)nn2)c(=O)n3C)c1F. The summed E-state index contributed by atoms with van der Waals surface area (Å²) < 4.78 is 32.6. The molecule has 0 aliphatic rings. The first-order valence-electron chi connectivity index (χ1n) is 8.22. The summed E-state index contributed by atoms with van der Waals surface area (Å²) in [5, 5.41) is 7.87. The van der Waals surface area contributed by atoms with Crippen LogP contribution < -0.4 is 5.69 Å². The van der Waals surface area contributed by atoms with Crippen molar-refractivity contribution in [2.75, 3.05) is 0 Å². The Kier molecular flexibility index (Phi) is 3.87. The van der Waals surface area contributed by atoms with Gasteiger partial charge in [0, 0.05) is 43.2 Å². The van der Waals surface area contributed by atoms with Crippen LogP contribution in [0.4, 0.5) is 8.78 Å². The molecular weight excluding hydrogens is 354 g/mol. The van der Waals surface area contributed by atoms with Crippen molar-refractivity contribution in [3.63, 3.8) is 0 Å². The van der Waals surface area contributed by atoms with E-state index in [1.54, 1.807) is 31.0 Å². The second-order valence-corrected chi connectivity index (χ2v) is 6.41. The van der Waals surface area contributed by atoms with E-state index >= 15 is 0 Å². The summed E-state index contributed by atoms with van der Waals surface area (Å²) >= 11 is 0. The van der Waals surface area contributed by atoms with Gasteiger partial charge in [0.2, 0.25) is 0 Å². The topological polar surface area (TPSA) is 70.5 Å². The fourth-order valence-electron chi connectivity index (χ4n) is 3.09. The van der Waals surface area contributed by atoms with Gasteiger partial charge in [0.25, 0.3) is 0 Å². The van der Waals surface area contributed by atoms with E-state index in [1.165, 1.54) is 34.4 Å². The summed E-state index contributed by atoms with van der Waals surface area (Å²) in [6.45, 7) is 1.59. The second-order valence-electron chi connectivity index (χ2n) is 6.41. The number of fused-ring (bicyclic) bond motifs is 1. The third-order valence-electron chi connectivity index (χ3n) is 4.58. The molecule has 0 saturated heterocycles. The standard InChI is InChI=1S/C18H16F2N6O/c1-10-14(19)5-4-13(16(10)20)11-6-15-17(21-7-11)25(3)18(27)26(15)9-12-8-24(2)23-22-12/h4-8H,9H2,1-3H3. The van der Waals surface area contributed by atoms with Crippen molar-refractivity contribution in [1.29, 1.82) is 0 Å². The average Bonchev–Trinajstić information content (AvgIpc) is 3.16. The van der Waals surface area contributed by atoms with Gasteiger partial charge in [0.1, 0.15) is 17.3 Å². The summed E-state index contributed by atoms with van der Waals surface area (Å²) in [7, 11) is 3.36. The number of halogens is 2. The van der Waals surface area contributed by atoms with Gasteiger partial charge in [-0.3, -0.25) is 13.8 Å². The Bertz CT molecular complexity index is 1240. The zero-order valence-electron chi connectivity index (χ0n) is 14.9. The van der Waals surface area contributed by atoms with Crippen LogP contribution in [0.25, 0.3) is 22.3 Å². The molecule has 0 unspecified atom stereocenters. The molecule has 0 aliphatic heterocycles. The first kappa shape index (κ1) is 17.1. The number of aryl methyl sites for hydroxylation is 2. The molecule has 3 heterocycles. The molecule has 0 bridgehead atoms. The van der Waals surface area contributed by atoms with E-state index in [0.717, 1.165) is 0 Å². The Morgan fingerprint density at radius 3 is 2.67 bits per heavy atom. The largest absolute Gasteiger partial charge is 0.330 e. The highest BCUT2D eigenvalue weighted by Crippen LogP contribution is 2.28. The van der Waals surface area contributed by atoms with Gasteiger partial charge < -0.3 is 0 Å². The van der Waals surface area contributed by atoms with Crippen molar-refractivity contribution in [3.05, 3.63) is 64.0 Å². The highest BCUT2D eigenvalue weighted by atomic mass is 19.1. The maximum atomic E-state index is 14.5. The van der Waals surface area contributed by atoms with Crippen LogP contribution in [0.2, 0.25) is 0 Å². The van der Waals surface area contributed by atoms with Crippen molar-refractivity contribution >= 4 is 11.2 Å². The molecule has 3 aromatic heterocycles. The van der Waals surface area contributed by atoms with Gasteiger partial charge >= 0.3 is 5.69 Å². The average molecular weight is 370 g/mol. The minimum atomic E-state index is -0.644. The molecule has 0 atom stereocenters. The monoisotopic (exact) mass is 370 g/mol. The zero-order valence-corrected chi connectivity index (χ0v) is 14.9. The molecule has 4 aromatic rings. The van der Waals surface area contributed by atoms with Gasteiger partial charge in [0.15, 0.2) is 5.65 Å².